The molecule has 1 saturated heterocycles. The molecule has 0 spiro atoms. The molecule has 3 aromatic carbocycles. The highest BCUT2D eigenvalue weighted by molar-refractivity contribution is 7.99. The quantitative estimate of drug-likeness (QED) is 0.154. The van der Waals surface area contributed by atoms with E-state index in [4.69, 9.17) is 14.2 Å². The minimum Gasteiger partial charge on any atom is -0.445 e. The normalized spacial score (nSPS) is 18.5. The summed E-state index contributed by atoms with van der Waals surface area (Å²) in [7, 11) is 0. The Bertz CT molecular complexity index is 1410. The number of alkyl carbamates (subject to hydrolysis) is 1. The Morgan fingerprint density at radius 1 is 1.07 bits per heavy atom. The largest absolute Gasteiger partial charge is 0.445 e. The van der Waals surface area contributed by atoms with E-state index in [0.29, 0.717) is 18.7 Å². The molecule has 0 bridgehead atoms. The molecule has 41 heavy (non-hydrogen) atoms. The van der Waals surface area contributed by atoms with Crippen LogP contribution in [-0.2, 0) is 27.4 Å². The number of amides is 1. The number of aromatic amines is 1. The number of aromatic nitrogens is 3. The molecule has 0 aliphatic carbocycles. The Morgan fingerprint density at radius 2 is 1.88 bits per heavy atom. The number of aliphatic hydroxyl groups is 1. The number of nitrogens with one attached hydrogen (secondary N) is 2. The first kappa shape index (κ1) is 28.6. The number of carbonyl (C=O) groups is 1. The molecule has 0 radical (unpaired) electrons. The van der Waals surface area contributed by atoms with Crippen LogP contribution >= 0.6 is 11.8 Å². The lowest BCUT2D eigenvalue weighted by atomic mass is 9.99. The van der Waals surface area contributed by atoms with Crippen molar-refractivity contribution in [2.24, 2.45) is 0 Å². The molecule has 4 aromatic rings. The summed E-state index contributed by atoms with van der Waals surface area (Å²) in [6.45, 7) is 4.08. The van der Waals surface area contributed by atoms with Crippen molar-refractivity contribution in [3.63, 3.8) is 0 Å². The lowest BCUT2D eigenvalue weighted by Gasteiger charge is -2.36. The molecule has 3 N–H and O–H groups in total. The van der Waals surface area contributed by atoms with Crippen molar-refractivity contribution in [1.29, 1.82) is 0 Å². The third kappa shape index (κ3) is 7.83. The van der Waals surface area contributed by atoms with Crippen molar-refractivity contribution < 1.29 is 24.1 Å². The zero-order valence-corrected chi connectivity index (χ0v) is 23.3. The monoisotopic (exact) mass is 572 g/mol. The predicted molar refractivity (Wildman–Crippen MR) is 156 cm³/mol. The van der Waals surface area contributed by atoms with Gasteiger partial charge in [0.1, 0.15) is 12.9 Å². The molecular formula is C31H32N4O5S. The molecule has 1 amide bonds. The van der Waals surface area contributed by atoms with Gasteiger partial charge in [-0.05, 0) is 33.9 Å². The summed E-state index contributed by atoms with van der Waals surface area (Å²) >= 11 is 1.56. The molecule has 0 saturated carbocycles. The van der Waals surface area contributed by atoms with Gasteiger partial charge in [-0.25, -0.2) is 9.78 Å². The van der Waals surface area contributed by atoms with Crippen LogP contribution < -0.4 is 5.32 Å². The smallest absolute Gasteiger partial charge is 0.407 e. The second kappa shape index (κ2) is 14.1. The Hall–Kier alpha value is -3.96. The summed E-state index contributed by atoms with van der Waals surface area (Å²) in [4.78, 5) is 16.0. The van der Waals surface area contributed by atoms with E-state index in [1.807, 2.05) is 72.8 Å². The highest BCUT2D eigenvalue weighted by atomic mass is 32.2. The number of ether oxygens (including phenoxy) is 3. The second-order valence-electron chi connectivity index (χ2n) is 9.51. The molecule has 1 aliphatic heterocycles. The van der Waals surface area contributed by atoms with Crippen LogP contribution in [0.25, 0.3) is 11.1 Å². The van der Waals surface area contributed by atoms with Crippen molar-refractivity contribution in [2.75, 3.05) is 12.4 Å². The van der Waals surface area contributed by atoms with Crippen LogP contribution in [0.1, 0.15) is 41.1 Å². The maximum Gasteiger partial charge on any atom is 0.407 e. The first-order chi connectivity index (χ1) is 20.1. The van der Waals surface area contributed by atoms with Gasteiger partial charge in [-0.15, -0.1) is 0 Å². The van der Waals surface area contributed by atoms with Gasteiger partial charge < -0.3 is 24.6 Å². The molecule has 5 rings (SSSR count). The molecule has 0 unspecified atom stereocenters. The number of thioether (sulfide) groups is 1. The Kier molecular flexibility index (Phi) is 9.82. The average molecular weight is 573 g/mol. The minimum absolute atomic E-state index is 0.00201. The maximum absolute atomic E-state index is 11.8. The Morgan fingerprint density at radius 3 is 2.61 bits per heavy atom. The predicted octanol–water partition coefficient (Wildman–Crippen LogP) is 5.71. The van der Waals surface area contributed by atoms with E-state index < -0.39 is 12.4 Å². The van der Waals surface area contributed by atoms with Gasteiger partial charge in [0.25, 0.3) is 0 Å². The van der Waals surface area contributed by atoms with Crippen molar-refractivity contribution in [3.05, 3.63) is 114 Å². The average Bonchev–Trinajstić information content (AvgIpc) is 3.56. The van der Waals surface area contributed by atoms with Crippen LogP contribution in [0.15, 0.2) is 96.9 Å². The number of aliphatic hydroxyl groups excluding tert-OH is 1. The number of nitrogens with zero attached hydrogens (tertiary/aromatic N) is 2. The molecule has 10 heteroatoms. The third-order valence-electron chi connectivity index (χ3n) is 6.63. The first-order valence-electron chi connectivity index (χ1n) is 13.3. The molecule has 9 nitrogen and oxygen atoms in total. The highest BCUT2D eigenvalue weighted by Gasteiger charge is 2.32. The van der Waals surface area contributed by atoms with Gasteiger partial charge >= 0.3 is 6.09 Å². The van der Waals surface area contributed by atoms with E-state index in [9.17, 15) is 9.90 Å². The van der Waals surface area contributed by atoms with E-state index in [2.05, 4.69) is 27.1 Å². The van der Waals surface area contributed by atoms with Crippen molar-refractivity contribution in [1.82, 2.24) is 20.5 Å². The summed E-state index contributed by atoms with van der Waals surface area (Å²) < 4.78 is 17.8. The molecule has 1 fully saturated rings. The second-order valence-corrected chi connectivity index (χ2v) is 10.5. The number of rotatable bonds is 11. The molecule has 1 aromatic heterocycles. The van der Waals surface area contributed by atoms with Crippen molar-refractivity contribution >= 4 is 17.9 Å². The molecule has 3 atom stereocenters. The highest BCUT2D eigenvalue weighted by Crippen LogP contribution is 2.39. The lowest BCUT2D eigenvalue weighted by molar-refractivity contribution is -0.245. The van der Waals surface area contributed by atoms with Crippen molar-refractivity contribution in [3.8, 4) is 11.1 Å². The zero-order valence-electron chi connectivity index (χ0n) is 22.4. The van der Waals surface area contributed by atoms with E-state index in [1.165, 1.54) is 12.4 Å². The number of hydrogen-bond acceptors (Lipinski definition) is 8. The van der Waals surface area contributed by atoms with E-state index in [-0.39, 0.29) is 25.4 Å². The Balaban J connectivity index is 1.29. The van der Waals surface area contributed by atoms with Crippen molar-refractivity contribution in [2.45, 2.75) is 43.2 Å². The van der Waals surface area contributed by atoms with E-state index in [0.717, 1.165) is 38.5 Å². The van der Waals surface area contributed by atoms with Crippen LogP contribution in [0, 0.1) is 0 Å². The molecule has 2 heterocycles. The first-order valence-corrected chi connectivity index (χ1v) is 14.3. The fourth-order valence-corrected chi connectivity index (χ4v) is 5.31. The summed E-state index contributed by atoms with van der Waals surface area (Å²) in [5.41, 5.74) is 5.85. The van der Waals surface area contributed by atoms with Crippen LogP contribution in [0.3, 0.4) is 0 Å². The van der Waals surface area contributed by atoms with Crippen LogP contribution in [0.5, 0.6) is 0 Å². The zero-order chi connectivity index (χ0) is 28.4. The molecule has 212 valence electrons. The van der Waals surface area contributed by atoms with Crippen LogP contribution in [0.2, 0.25) is 0 Å². The van der Waals surface area contributed by atoms with E-state index in [1.54, 1.807) is 11.8 Å². The van der Waals surface area contributed by atoms with Gasteiger partial charge in [0.15, 0.2) is 11.4 Å². The maximum atomic E-state index is 11.8. The summed E-state index contributed by atoms with van der Waals surface area (Å²) in [5.74, 6) is 0.695. The minimum atomic E-state index is -0.544. The third-order valence-corrected chi connectivity index (χ3v) is 7.63. The van der Waals surface area contributed by atoms with Gasteiger partial charge in [0.05, 0.1) is 18.8 Å². The SMILES string of the molecule is C=CCOC(=O)NCc1cccc(-c2ccc([C@H]3O[C@@H](CSc4ncn[nH]4)C[C@@H](c4ccc(CO)cc4)O3)cc2)c1. The molecule has 1 aliphatic rings. The fourth-order valence-electron chi connectivity index (χ4n) is 4.51. The van der Waals surface area contributed by atoms with Gasteiger partial charge in [-0.1, -0.05) is 91.1 Å². The topological polar surface area (TPSA) is 119 Å². The standard InChI is InChI=1S/C31H32N4O5S/c1-2-14-38-31(37)32-17-22-4-3-5-26(15-22)23-10-12-25(13-11-23)29-39-27(19-41-30-33-20-34-35-30)16-28(40-29)24-8-6-21(18-36)7-9-24/h2-13,15,20,27-29,36H,1,14,16-19H2,(H,32,37)(H,33,34,35)/t27-,28+,29+/m1/s1. The number of H-pyrrole nitrogens is 1. The molecular weight excluding hydrogens is 540 g/mol. The van der Waals surface area contributed by atoms with Gasteiger partial charge in [-0.2, -0.15) is 5.10 Å². The van der Waals surface area contributed by atoms with E-state index >= 15 is 0 Å². The lowest BCUT2D eigenvalue weighted by Crippen LogP contribution is -2.31. The van der Waals surface area contributed by atoms with Gasteiger partial charge in [0, 0.05) is 24.3 Å². The van der Waals surface area contributed by atoms with Crippen LogP contribution in [-0.4, -0.2) is 44.8 Å². The van der Waals surface area contributed by atoms with Gasteiger partial charge in [0.2, 0.25) is 0 Å². The number of carbonyl (C=O) groups excluding carboxylic acids is 1. The fraction of sp³-hybridized carbons (Fsp3) is 0.258. The Labute approximate surface area is 243 Å². The summed E-state index contributed by atoms with van der Waals surface area (Å²) in [6.07, 6.45) is 2.45. The number of hydrogen-bond donors (Lipinski definition) is 3. The summed E-state index contributed by atoms with van der Waals surface area (Å²) in [6, 6.07) is 24.0. The van der Waals surface area contributed by atoms with Gasteiger partial charge in [-0.3, -0.25) is 5.10 Å². The van der Waals surface area contributed by atoms with Crippen LogP contribution in [0.4, 0.5) is 4.79 Å². The summed E-state index contributed by atoms with van der Waals surface area (Å²) in [5, 5.41) is 19.7. The number of benzene rings is 3.